The molecule has 3 rings (SSSR count). The van der Waals surface area contributed by atoms with Crippen molar-refractivity contribution in [3.05, 3.63) is 34.9 Å². The molecule has 0 radical (unpaired) electrons. The Bertz CT molecular complexity index is 417. The summed E-state index contributed by atoms with van der Waals surface area (Å²) >= 11 is 5.95. The van der Waals surface area contributed by atoms with Gasteiger partial charge in [0.25, 0.3) is 0 Å². The van der Waals surface area contributed by atoms with Crippen molar-refractivity contribution in [2.45, 2.75) is 25.4 Å². The highest BCUT2D eigenvalue weighted by molar-refractivity contribution is 6.30. The van der Waals surface area contributed by atoms with Gasteiger partial charge in [-0.05, 0) is 37.1 Å². The number of benzene rings is 1. The lowest BCUT2D eigenvalue weighted by molar-refractivity contribution is -0.00358. The molecule has 0 spiro atoms. The maximum atomic E-state index is 5.95. The van der Waals surface area contributed by atoms with Crippen molar-refractivity contribution in [1.82, 2.24) is 9.80 Å². The molecule has 1 atom stereocenters. The maximum absolute atomic E-state index is 5.95. The Hall–Kier alpha value is -0.610. The van der Waals surface area contributed by atoms with E-state index in [4.69, 9.17) is 16.3 Å². The van der Waals surface area contributed by atoms with Gasteiger partial charge in [0.2, 0.25) is 0 Å². The summed E-state index contributed by atoms with van der Waals surface area (Å²) in [6.07, 6.45) is 2.63. The third kappa shape index (κ3) is 3.73. The molecule has 4 heteroatoms. The lowest BCUT2D eigenvalue weighted by Gasteiger charge is -2.40. The second-order valence-corrected chi connectivity index (χ2v) is 6.24. The van der Waals surface area contributed by atoms with Crippen molar-refractivity contribution in [2.24, 2.45) is 0 Å². The van der Waals surface area contributed by atoms with Crippen LogP contribution in [0.5, 0.6) is 0 Å². The summed E-state index contributed by atoms with van der Waals surface area (Å²) < 4.78 is 5.46. The molecule has 1 unspecified atom stereocenters. The van der Waals surface area contributed by atoms with Crippen LogP contribution in [0.15, 0.2) is 24.3 Å². The topological polar surface area (TPSA) is 15.7 Å². The van der Waals surface area contributed by atoms with E-state index < -0.39 is 0 Å². The highest BCUT2D eigenvalue weighted by Gasteiger charge is 2.26. The molecule has 2 aliphatic heterocycles. The predicted molar refractivity (Wildman–Crippen MR) is 82.1 cm³/mol. The summed E-state index contributed by atoms with van der Waals surface area (Å²) in [7, 11) is 0. The molecule has 2 aliphatic rings. The monoisotopic (exact) mass is 294 g/mol. The first-order valence-electron chi connectivity index (χ1n) is 7.60. The standard InChI is InChI=1S/C16H23ClN2O/c17-15-5-3-14(4-6-15)12-18-7-1-2-16(13-18)19-8-10-20-11-9-19/h3-6,16H,1-2,7-13H2. The first kappa shape index (κ1) is 14.3. The highest BCUT2D eigenvalue weighted by Crippen LogP contribution is 2.19. The lowest BCUT2D eigenvalue weighted by atomic mass is 10.0. The maximum Gasteiger partial charge on any atom is 0.0594 e. The van der Waals surface area contributed by atoms with E-state index in [1.165, 1.54) is 31.5 Å². The van der Waals surface area contributed by atoms with Crippen molar-refractivity contribution in [3.8, 4) is 0 Å². The average molecular weight is 295 g/mol. The largest absolute Gasteiger partial charge is 0.379 e. The van der Waals surface area contributed by atoms with Gasteiger partial charge in [-0.25, -0.2) is 0 Å². The molecule has 1 aromatic carbocycles. The fourth-order valence-corrected chi connectivity index (χ4v) is 3.39. The minimum absolute atomic E-state index is 0.708. The molecule has 1 aromatic rings. The molecule has 0 amide bonds. The zero-order chi connectivity index (χ0) is 13.8. The second-order valence-electron chi connectivity index (χ2n) is 5.81. The minimum atomic E-state index is 0.708. The molecule has 2 saturated heterocycles. The summed E-state index contributed by atoms with van der Waals surface area (Å²) in [5.41, 5.74) is 1.36. The first-order chi connectivity index (χ1) is 9.81. The van der Waals surface area contributed by atoms with Crippen LogP contribution >= 0.6 is 11.6 Å². The van der Waals surface area contributed by atoms with Crippen LogP contribution in [-0.2, 0) is 11.3 Å². The fraction of sp³-hybridized carbons (Fsp3) is 0.625. The average Bonchev–Trinajstić information content (AvgIpc) is 2.51. The van der Waals surface area contributed by atoms with Crippen molar-refractivity contribution in [1.29, 1.82) is 0 Å². The number of morpholine rings is 1. The van der Waals surface area contributed by atoms with Gasteiger partial charge in [0.05, 0.1) is 13.2 Å². The van der Waals surface area contributed by atoms with Gasteiger partial charge in [0.1, 0.15) is 0 Å². The minimum Gasteiger partial charge on any atom is -0.379 e. The van der Waals surface area contributed by atoms with Crippen LogP contribution in [0.25, 0.3) is 0 Å². The molecule has 0 aliphatic carbocycles. The first-order valence-corrected chi connectivity index (χ1v) is 7.98. The Morgan fingerprint density at radius 1 is 1.10 bits per heavy atom. The Balaban J connectivity index is 1.56. The van der Waals surface area contributed by atoms with Crippen LogP contribution in [0.2, 0.25) is 5.02 Å². The van der Waals surface area contributed by atoms with Gasteiger partial charge in [0, 0.05) is 37.2 Å². The van der Waals surface area contributed by atoms with Gasteiger partial charge in [-0.15, -0.1) is 0 Å². The molecule has 2 fully saturated rings. The van der Waals surface area contributed by atoms with Crippen LogP contribution in [0.1, 0.15) is 18.4 Å². The SMILES string of the molecule is Clc1ccc(CN2CCCC(N3CCOCC3)C2)cc1. The number of ether oxygens (including phenoxy) is 1. The Labute approximate surface area is 126 Å². The van der Waals surface area contributed by atoms with E-state index >= 15 is 0 Å². The number of hydrogen-bond donors (Lipinski definition) is 0. The van der Waals surface area contributed by atoms with Gasteiger partial charge in [-0.1, -0.05) is 23.7 Å². The van der Waals surface area contributed by atoms with Crippen LogP contribution in [0.3, 0.4) is 0 Å². The molecule has 0 bridgehead atoms. The van der Waals surface area contributed by atoms with Gasteiger partial charge >= 0.3 is 0 Å². The Morgan fingerprint density at radius 2 is 1.85 bits per heavy atom. The fourth-order valence-electron chi connectivity index (χ4n) is 3.26. The summed E-state index contributed by atoms with van der Waals surface area (Å²) in [4.78, 5) is 5.18. The van der Waals surface area contributed by atoms with E-state index in [0.717, 1.165) is 37.9 Å². The van der Waals surface area contributed by atoms with Crippen molar-refractivity contribution in [3.63, 3.8) is 0 Å². The van der Waals surface area contributed by atoms with Gasteiger partial charge in [0.15, 0.2) is 0 Å². The Morgan fingerprint density at radius 3 is 2.60 bits per heavy atom. The number of halogens is 1. The van der Waals surface area contributed by atoms with Crippen LogP contribution in [0.4, 0.5) is 0 Å². The van der Waals surface area contributed by atoms with Crippen molar-refractivity contribution in [2.75, 3.05) is 39.4 Å². The summed E-state index contributed by atoms with van der Waals surface area (Å²) in [6.45, 7) is 7.42. The third-order valence-electron chi connectivity index (χ3n) is 4.36. The van der Waals surface area contributed by atoms with Crippen LogP contribution in [0, 0.1) is 0 Å². The van der Waals surface area contributed by atoms with E-state index in [1.54, 1.807) is 0 Å². The van der Waals surface area contributed by atoms with E-state index in [2.05, 4.69) is 21.9 Å². The smallest absolute Gasteiger partial charge is 0.0594 e. The molecule has 0 N–H and O–H groups in total. The molecule has 3 nitrogen and oxygen atoms in total. The second kappa shape index (κ2) is 6.90. The normalized spacial score (nSPS) is 25.8. The van der Waals surface area contributed by atoms with Crippen molar-refractivity contribution < 1.29 is 4.74 Å². The van der Waals surface area contributed by atoms with E-state index in [1.807, 2.05) is 12.1 Å². The molecule has 0 saturated carbocycles. The molecule has 2 heterocycles. The number of likely N-dealkylation sites (tertiary alicyclic amines) is 1. The van der Waals surface area contributed by atoms with Gasteiger partial charge in [-0.2, -0.15) is 0 Å². The lowest BCUT2D eigenvalue weighted by Crippen LogP contribution is -2.51. The van der Waals surface area contributed by atoms with E-state index in [9.17, 15) is 0 Å². The van der Waals surface area contributed by atoms with Crippen molar-refractivity contribution >= 4 is 11.6 Å². The molecular weight excluding hydrogens is 272 g/mol. The number of nitrogens with zero attached hydrogens (tertiary/aromatic N) is 2. The summed E-state index contributed by atoms with van der Waals surface area (Å²) in [5, 5.41) is 0.818. The molecule has 0 aromatic heterocycles. The third-order valence-corrected chi connectivity index (χ3v) is 4.61. The number of rotatable bonds is 3. The Kier molecular flexibility index (Phi) is 4.94. The molecular formula is C16H23ClN2O. The zero-order valence-electron chi connectivity index (χ0n) is 11.9. The van der Waals surface area contributed by atoms with Gasteiger partial charge < -0.3 is 4.74 Å². The van der Waals surface area contributed by atoms with Crippen LogP contribution in [-0.4, -0.2) is 55.2 Å². The highest BCUT2D eigenvalue weighted by atomic mass is 35.5. The van der Waals surface area contributed by atoms with E-state index in [-0.39, 0.29) is 0 Å². The quantitative estimate of drug-likeness (QED) is 0.852. The molecule has 110 valence electrons. The van der Waals surface area contributed by atoms with E-state index in [0.29, 0.717) is 6.04 Å². The van der Waals surface area contributed by atoms with Crippen LogP contribution < -0.4 is 0 Å². The summed E-state index contributed by atoms with van der Waals surface area (Å²) in [6, 6.07) is 8.96. The number of hydrogen-bond acceptors (Lipinski definition) is 3. The van der Waals surface area contributed by atoms with Gasteiger partial charge in [-0.3, -0.25) is 9.80 Å². The summed E-state index contributed by atoms with van der Waals surface area (Å²) in [5.74, 6) is 0. The predicted octanol–water partition coefficient (Wildman–Crippen LogP) is 2.64. The zero-order valence-corrected chi connectivity index (χ0v) is 12.7. The number of piperidine rings is 1. The molecule has 20 heavy (non-hydrogen) atoms.